The maximum atomic E-state index is 13.2. The van der Waals surface area contributed by atoms with Gasteiger partial charge in [0.2, 0.25) is 0 Å². The molecule has 0 radical (unpaired) electrons. The van der Waals surface area contributed by atoms with Gasteiger partial charge < -0.3 is 10.2 Å². The van der Waals surface area contributed by atoms with E-state index in [9.17, 15) is 18.0 Å². The third kappa shape index (κ3) is 6.21. The van der Waals surface area contributed by atoms with Crippen molar-refractivity contribution in [3.8, 4) is 11.1 Å². The molecule has 1 heterocycles. The molecule has 2 N–H and O–H groups in total. The molecule has 3 aromatic rings. The fourth-order valence-corrected chi connectivity index (χ4v) is 5.99. The Kier molecular flexibility index (Phi) is 8.83. The molecule has 0 aromatic heterocycles. The van der Waals surface area contributed by atoms with Crippen LogP contribution in [0.25, 0.3) is 11.1 Å². The van der Waals surface area contributed by atoms with Gasteiger partial charge >= 0.3 is 5.97 Å². The van der Waals surface area contributed by atoms with Gasteiger partial charge in [0.15, 0.2) is 0 Å². The molecule has 1 amide bonds. The molecule has 9 heteroatoms. The Morgan fingerprint density at radius 1 is 0.949 bits per heavy atom. The summed E-state index contributed by atoms with van der Waals surface area (Å²) in [5.41, 5.74) is 7.31. The van der Waals surface area contributed by atoms with E-state index in [1.807, 2.05) is 31.2 Å². The standard InChI is InChI=1S/C30H33N3O5S/c1-4-19-33-26(28(30(35)38-3)25(5-2)31-33)20-21-15-17-22(18-16-21)24-13-9-10-14-27(24)39(36,37)32-29(34)23-11-7-6-8-12-23/h6-18,26,31H,4-5,19-20H2,1-3H3,(H,32,34). The lowest BCUT2D eigenvalue weighted by atomic mass is 9.96. The average Bonchev–Trinajstić information content (AvgIpc) is 3.30. The van der Waals surface area contributed by atoms with Crippen LogP contribution in [-0.4, -0.2) is 45.0 Å². The van der Waals surface area contributed by atoms with Crippen molar-refractivity contribution in [2.75, 3.05) is 13.7 Å². The van der Waals surface area contributed by atoms with E-state index in [0.29, 0.717) is 29.5 Å². The summed E-state index contributed by atoms with van der Waals surface area (Å²) in [5.74, 6) is -1.03. The van der Waals surface area contributed by atoms with Gasteiger partial charge in [-0.15, -0.1) is 0 Å². The first-order valence-corrected chi connectivity index (χ1v) is 14.4. The van der Waals surface area contributed by atoms with Crippen LogP contribution in [-0.2, 0) is 26.0 Å². The molecular formula is C30H33N3O5S. The van der Waals surface area contributed by atoms with Gasteiger partial charge in [0, 0.05) is 23.4 Å². The molecule has 39 heavy (non-hydrogen) atoms. The van der Waals surface area contributed by atoms with Gasteiger partial charge in [-0.1, -0.05) is 74.5 Å². The number of allylic oxidation sites excluding steroid dienone is 1. The number of carbonyl (C=O) groups is 2. The van der Waals surface area contributed by atoms with Crippen LogP contribution in [0.5, 0.6) is 0 Å². The van der Waals surface area contributed by atoms with Crippen molar-refractivity contribution in [1.82, 2.24) is 15.2 Å². The minimum absolute atomic E-state index is 0.0136. The zero-order valence-electron chi connectivity index (χ0n) is 22.3. The second-order valence-corrected chi connectivity index (χ2v) is 10.9. The lowest BCUT2D eigenvalue weighted by molar-refractivity contribution is -0.136. The number of amides is 1. The SMILES string of the molecule is CCCN1NC(CC)=C(C(=O)OC)C1Cc1ccc(-c2ccccc2S(=O)(=O)NC(=O)c2ccccc2)cc1. The molecule has 204 valence electrons. The van der Waals surface area contributed by atoms with Crippen molar-refractivity contribution >= 4 is 21.9 Å². The van der Waals surface area contributed by atoms with Crippen molar-refractivity contribution in [3.63, 3.8) is 0 Å². The first-order valence-electron chi connectivity index (χ1n) is 12.9. The summed E-state index contributed by atoms with van der Waals surface area (Å²) < 4.78 is 33.7. The van der Waals surface area contributed by atoms with E-state index in [2.05, 4.69) is 22.1 Å². The summed E-state index contributed by atoms with van der Waals surface area (Å²) in [6.07, 6.45) is 2.18. The molecular weight excluding hydrogens is 514 g/mol. The summed E-state index contributed by atoms with van der Waals surface area (Å²) in [5, 5.41) is 2.08. The average molecular weight is 548 g/mol. The fraction of sp³-hybridized carbons (Fsp3) is 0.267. The normalized spacial score (nSPS) is 15.6. The van der Waals surface area contributed by atoms with Gasteiger partial charge in [0.25, 0.3) is 15.9 Å². The molecule has 1 atom stereocenters. The van der Waals surface area contributed by atoms with Crippen LogP contribution < -0.4 is 10.1 Å². The van der Waals surface area contributed by atoms with Crippen molar-refractivity contribution in [1.29, 1.82) is 0 Å². The zero-order valence-corrected chi connectivity index (χ0v) is 23.1. The molecule has 8 nitrogen and oxygen atoms in total. The van der Waals surface area contributed by atoms with Gasteiger partial charge in [-0.05, 0) is 48.6 Å². The predicted octanol–water partition coefficient (Wildman–Crippen LogP) is 4.45. The van der Waals surface area contributed by atoms with E-state index in [1.165, 1.54) is 13.2 Å². The van der Waals surface area contributed by atoms with Crippen molar-refractivity contribution in [3.05, 3.63) is 101 Å². The lowest BCUT2D eigenvalue weighted by Crippen LogP contribution is -2.41. The van der Waals surface area contributed by atoms with Gasteiger partial charge in [-0.2, -0.15) is 0 Å². The number of ether oxygens (including phenoxy) is 1. The molecule has 0 bridgehead atoms. The second-order valence-electron chi connectivity index (χ2n) is 9.26. The van der Waals surface area contributed by atoms with E-state index in [4.69, 9.17) is 4.74 Å². The Hall–Kier alpha value is -3.95. The molecule has 0 saturated heterocycles. The minimum Gasteiger partial charge on any atom is -0.466 e. The van der Waals surface area contributed by atoms with E-state index in [0.717, 1.165) is 24.2 Å². The Morgan fingerprint density at radius 3 is 2.26 bits per heavy atom. The number of rotatable bonds is 10. The number of hydrazine groups is 1. The topological polar surface area (TPSA) is 105 Å². The molecule has 1 aliphatic rings. The third-order valence-corrected chi connectivity index (χ3v) is 8.06. The van der Waals surface area contributed by atoms with E-state index in [1.54, 1.807) is 48.5 Å². The summed E-state index contributed by atoms with van der Waals surface area (Å²) in [6.45, 7) is 4.86. The Balaban J connectivity index is 1.59. The molecule has 0 spiro atoms. The highest BCUT2D eigenvalue weighted by atomic mass is 32.2. The monoisotopic (exact) mass is 547 g/mol. The van der Waals surface area contributed by atoms with Crippen LogP contribution in [0.4, 0.5) is 0 Å². The largest absolute Gasteiger partial charge is 0.466 e. The Morgan fingerprint density at radius 2 is 1.62 bits per heavy atom. The number of esters is 1. The third-order valence-electron chi connectivity index (χ3n) is 6.67. The maximum Gasteiger partial charge on any atom is 0.337 e. The smallest absolute Gasteiger partial charge is 0.337 e. The zero-order chi connectivity index (χ0) is 28.0. The number of hydrogen-bond donors (Lipinski definition) is 2. The van der Waals surface area contributed by atoms with E-state index < -0.39 is 15.9 Å². The van der Waals surface area contributed by atoms with Crippen molar-refractivity contribution in [2.45, 2.75) is 44.0 Å². The van der Waals surface area contributed by atoms with Crippen molar-refractivity contribution in [2.24, 2.45) is 0 Å². The van der Waals surface area contributed by atoms with Crippen molar-refractivity contribution < 1.29 is 22.7 Å². The number of sulfonamides is 1. The van der Waals surface area contributed by atoms with E-state index in [-0.39, 0.29) is 22.5 Å². The van der Waals surface area contributed by atoms with Crippen LogP contribution in [0.3, 0.4) is 0 Å². The molecule has 1 aliphatic heterocycles. The highest BCUT2D eigenvalue weighted by Gasteiger charge is 2.36. The Labute approximate surface area is 229 Å². The summed E-state index contributed by atoms with van der Waals surface area (Å²) >= 11 is 0. The van der Waals surface area contributed by atoms with Crippen LogP contribution in [0, 0.1) is 0 Å². The molecule has 0 fully saturated rings. The highest BCUT2D eigenvalue weighted by Crippen LogP contribution is 2.30. The highest BCUT2D eigenvalue weighted by molar-refractivity contribution is 7.90. The minimum atomic E-state index is -4.13. The van der Waals surface area contributed by atoms with Gasteiger partial charge in [0.1, 0.15) is 0 Å². The summed E-state index contributed by atoms with van der Waals surface area (Å²) in [6, 6.07) is 22.2. The number of nitrogens with one attached hydrogen (secondary N) is 2. The van der Waals surface area contributed by atoms with Gasteiger partial charge in [-0.3, -0.25) is 4.79 Å². The molecule has 3 aromatic carbocycles. The van der Waals surface area contributed by atoms with Gasteiger partial charge in [-0.25, -0.2) is 22.9 Å². The number of hydrogen-bond acceptors (Lipinski definition) is 7. The van der Waals surface area contributed by atoms with E-state index >= 15 is 0 Å². The number of nitrogens with zero attached hydrogens (tertiary/aromatic N) is 1. The number of benzene rings is 3. The first kappa shape index (κ1) is 28.1. The Bertz CT molecular complexity index is 1470. The molecule has 0 aliphatic carbocycles. The molecule has 4 rings (SSSR count). The lowest BCUT2D eigenvalue weighted by Gasteiger charge is -2.26. The maximum absolute atomic E-state index is 13.2. The fourth-order valence-electron chi connectivity index (χ4n) is 4.78. The summed E-state index contributed by atoms with van der Waals surface area (Å²) in [7, 11) is -2.74. The quantitative estimate of drug-likeness (QED) is 0.361. The predicted molar refractivity (Wildman–Crippen MR) is 150 cm³/mol. The summed E-state index contributed by atoms with van der Waals surface area (Å²) in [4.78, 5) is 25.2. The molecule has 1 unspecified atom stereocenters. The number of methoxy groups -OCH3 is 1. The second kappa shape index (κ2) is 12.3. The molecule has 0 saturated carbocycles. The van der Waals surface area contributed by atoms with Crippen LogP contribution in [0.15, 0.2) is 95.0 Å². The van der Waals surface area contributed by atoms with Crippen LogP contribution in [0.1, 0.15) is 42.6 Å². The van der Waals surface area contributed by atoms with Gasteiger partial charge in [0.05, 0.1) is 23.6 Å². The van der Waals surface area contributed by atoms with Crippen LogP contribution >= 0.6 is 0 Å². The first-order chi connectivity index (χ1) is 18.8. The van der Waals surface area contributed by atoms with Crippen LogP contribution in [0.2, 0.25) is 0 Å². The number of carbonyl (C=O) groups excluding carboxylic acids is 2.